The first-order valence-corrected chi connectivity index (χ1v) is 12.1. The number of alkyl halides is 1. The summed E-state index contributed by atoms with van der Waals surface area (Å²) >= 11 is 6.34. The number of nitrogens with zero attached hydrogens (tertiary/aromatic N) is 1. The predicted octanol–water partition coefficient (Wildman–Crippen LogP) is 5.26. The maximum atomic E-state index is 12.2. The largest absolute Gasteiger partial charge is 0.338 e. The third-order valence-corrected chi connectivity index (χ3v) is 7.49. The van der Waals surface area contributed by atoms with E-state index < -0.39 is 0 Å². The summed E-state index contributed by atoms with van der Waals surface area (Å²) in [6, 6.07) is 0.180. The average Bonchev–Trinajstić information content (AvgIpc) is 2.62. The number of unbranched alkanes of at least 4 members (excludes halogenated alkanes) is 1. The van der Waals surface area contributed by atoms with Gasteiger partial charge in [0.2, 0.25) is 0 Å². The fraction of sp³-hybridized carbons (Fsp3) is 0.957. The Bertz CT molecular complexity index is 474. The summed E-state index contributed by atoms with van der Waals surface area (Å²) in [7, 11) is 0. The summed E-state index contributed by atoms with van der Waals surface area (Å²) < 4.78 is 0. The minimum Gasteiger partial charge on any atom is -0.338 e. The fourth-order valence-electron chi connectivity index (χ4n) is 5.29. The molecular formula is C23H44ClN3O. The van der Waals surface area contributed by atoms with E-state index in [9.17, 15) is 4.79 Å². The lowest BCUT2D eigenvalue weighted by Crippen LogP contribution is -2.55. The van der Waals surface area contributed by atoms with Gasteiger partial charge in [-0.3, -0.25) is 0 Å². The van der Waals surface area contributed by atoms with Crippen molar-refractivity contribution in [2.45, 2.75) is 91.0 Å². The molecular weight excluding hydrogens is 370 g/mol. The second-order valence-corrected chi connectivity index (χ2v) is 10.9. The molecule has 0 spiro atoms. The molecule has 1 saturated carbocycles. The topological polar surface area (TPSA) is 44.4 Å². The molecule has 164 valence electrons. The summed E-state index contributed by atoms with van der Waals surface area (Å²) in [5.41, 5.74) is 0.326. The molecule has 2 N–H and O–H groups in total. The van der Waals surface area contributed by atoms with Gasteiger partial charge in [-0.2, -0.15) is 0 Å². The molecule has 1 aliphatic heterocycles. The number of rotatable bonds is 8. The maximum Gasteiger partial charge on any atom is 0.315 e. The number of likely N-dealkylation sites (tertiary alicyclic amines) is 1. The highest BCUT2D eigenvalue weighted by Gasteiger charge is 2.41. The second kappa shape index (κ2) is 11.1. The Balaban J connectivity index is 1.87. The molecule has 1 saturated heterocycles. The minimum absolute atomic E-state index is 0.0147. The van der Waals surface area contributed by atoms with Crippen LogP contribution in [0.4, 0.5) is 4.79 Å². The lowest BCUT2D eigenvalue weighted by Gasteiger charge is -2.49. The standard InChI is InChI=1S/C23H44ClN3O/c1-6-7-13-25-22(28)26-21(17(2)3)15-27-14-12-20(23(4,5)16-27)18-8-10-19(24)11-9-18/h17-21H,6-16H2,1-5H3,(H2,25,26,28)/t18?,19?,20?,21-/m0/s1. The third kappa shape index (κ3) is 7.09. The van der Waals surface area contributed by atoms with Crippen LogP contribution in [0.5, 0.6) is 0 Å². The van der Waals surface area contributed by atoms with Crippen LogP contribution in [0.3, 0.4) is 0 Å². The number of urea groups is 1. The zero-order valence-corrected chi connectivity index (χ0v) is 19.7. The molecule has 28 heavy (non-hydrogen) atoms. The predicted molar refractivity (Wildman–Crippen MR) is 120 cm³/mol. The van der Waals surface area contributed by atoms with Crippen molar-refractivity contribution >= 4 is 17.6 Å². The Morgan fingerprint density at radius 1 is 1.18 bits per heavy atom. The molecule has 1 aliphatic carbocycles. The first kappa shape index (κ1) is 23.8. The summed E-state index contributed by atoms with van der Waals surface area (Å²) in [4.78, 5) is 14.8. The fourth-order valence-corrected chi connectivity index (χ4v) is 5.55. The molecule has 0 aromatic heterocycles. The van der Waals surface area contributed by atoms with Gasteiger partial charge in [-0.1, -0.05) is 41.0 Å². The molecule has 1 unspecified atom stereocenters. The van der Waals surface area contributed by atoms with Crippen molar-refractivity contribution in [3.05, 3.63) is 0 Å². The van der Waals surface area contributed by atoms with Crippen LogP contribution in [0, 0.1) is 23.2 Å². The molecule has 0 aromatic carbocycles. The lowest BCUT2D eigenvalue weighted by molar-refractivity contribution is 0.00545. The number of hydrogen-bond acceptors (Lipinski definition) is 2. The average molecular weight is 414 g/mol. The van der Waals surface area contributed by atoms with E-state index in [4.69, 9.17) is 11.6 Å². The monoisotopic (exact) mass is 413 g/mol. The van der Waals surface area contributed by atoms with Crippen molar-refractivity contribution in [2.24, 2.45) is 23.2 Å². The summed E-state index contributed by atoms with van der Waals surface area (Å²) in [6.45, 7) is 15.4. The van der Waals surface area contributed by atoms with Gasteiger partial charge in [0.15, 0.2) is 0 Å². The highest BCUT2D eigenvalue weighted by molar-refractivity contribution is 6.20. The Morgan fingerprint density at radius 3 is 2.43 bits per heavy atom. The Morgan fingerprint density at radius 2 is 1.86 bits per heavy atom. The smallest absolute Gasteiger partial charge is 0.315 e. The number of carbonyl (C=O) groups excluding carboxylic acids is 1. The van der Waals surface area contributed by atoms with Gasteiger partial charge in [0.25, 0.3) is 0 Å². The van der Waals surface area contributed by atoms with Crippen LogP contribution in [0.2, 0.25) is 0 Å². The summed E-state index contributed by atoms with van der Waals surface area (Å²) in [5, 5.41) is 6.62. The van der Waals surface area contributed by atoms with E-state index >= 15 is 0 Å². The van der Waals surface area contributed by atoms with Crippen molar-refractivity contribution in [3.63, 3.8) is 0 Å². The van der Waals surface area contributed by atoms with Crippen LogP contribution in [0.15, 0.2) is 0 Å². The summed E-state index contributed by atoms with van der Waals surface area (Å²) in [6.07, 6.45) is 8.40. The van der Waals surface area contributed by atoms with E-state index in [0.29, 0.717) is 16.7 Å². The van der Waals surface area contributed by atoms with E-state index in [1.165, 1.54) is 32.1 Å². The normalized spacial score (nSPS) is 29.5. The summed E-state index contributed by atoms with van der Waals surface area (Å²) in [5.74, 6) is 2.07. The van der Waals surface area contributed by atoms with Gasteiger partial charge >= 0.3 is 6.03 Å². The van der Waals surface area contributed by atoms with Crippen LogP contribution >= 0.6 is 11.6 Å². The van der Waals surface area contributed by atoms with Crippen LogP contribution in [-0.4, -0.2) is 48.5 Å². The number of amides is 2. The second-order valence-electron chi connectivity index (χ2n) is 10.2. The molecule has 2 atom stereocenters. The van der Waals surface area contributed by atoms with Gasteiger partial charge in [0, 0.05) is 31.1 Å². The zero-order chi connectivity index (χ0) is 20.7. The van der Waals surface area contributed by atoms with Gasteiger partial charge in [-0.05, 0) is 68.2 Å². The number of hydrogen-bond donors (Lipinski definition) is 2. The van der Waals surface area contributed by atoms with Crippen LogP contribution in [0.25, 0.3) is 0 Å². The number of halogens is 1. The third-order valence-electron chi connectivity index (χ3n) is 7.05. The van der Waals surface area contributed by atoms with E-state index in [0.717, 1.165) is 50.9 Å². The molecule has 2 amide bonds. The molecule has 0 aromatic rings. The van der Waals surface area contributed by atoms with E-state index in [1.807, 2.05) is 0 Å². The van der Waals surface area contributed by atoms with Gasteiger partial charge < -0.3 is 15.5 Å². The van der Waals surface area contributed by atoms with E-state index in [2.05, 4.69) is 50.2 Å². The molecule has 0 radical (unpaired) electrons. The number of carbonyl (C=O) groups is 1. The number of piperidine rings is 1. The Hall–Kier alpha value is -0.480. The van der Waals surface area contributed by atoms with Gasteiger partial charge in [-0.15, -0.1) is 11.6 Å². The minimum atomic E-state index is -0.0147. The quantitative estimate of drug-likeness (QED) is 0.421. The van der Waals surface area contributed by atoms with Crippen LogP contribution < -0.4 is 10.6 Å². The molecule has 0 bridgehead atoms. The highest BCUT2D eigenvalue weighted by Crippen LogP contribution is 2.45. The van der Waals surface area contributed by atoms with Gasteiger partial charge in [-0.25, -0.2) is 4.79 Å². The van der Waals surface area contributed by atoms with Crippen LogP contribution in [-0.2, 0) is 0 Å². The molecule has 2 fully saturated rings. The van der Waals surface area contributed by atoms with Crippen molar-refractivity contribution in [3.8, 4) is 0 Å². The van der Waals surface area contributed by atoms with Crippen molar-refractivity contribution < 1.29 is 4.79 Å². The Kier molecular flexibility index (Phi) is 9.40. The first-order valence-electron chi connectivity index (χ1n) is 11.6. The van der Waals surface area contributed by atoms with Gasteiger partial charge in [0.1, 0.15) is 0 Å². The molecule has 5 heteroatoms. The molecule has 1 heterocycles. The SMILES string of the molecule is CCCCNC(=O)N[C@@H](CN1CCC(C2CCC(Cl)CC2)C(C)(C)C1)C(C)C. The maximum absolute atomic E-state index is 12.2. The van der Waals surface area contributed by atoms with Crippen molar-refractivity contribution in [1.82, 2.24) is 15.5 Å². The number of nitrogens with one attached hydrogen (secondary N) is 2. The Labute approximate surface area is 178 Å². The first-order chi connectivity index (χ1) is 13.2. The highest BCUT2D eigenvalue weighted by atomic mass is 35.5. The molecule has 2 rings (SSSR count). The van der Waals surface area contributed by atoms with Crippen molar-refractivity contribution in [2.75, 3.05) is 26.2 Å². The zero-order valence-electron chi connectivity index (χ0n) is 18.9. The van der Waals surface area contributed by atoms with Crippen molar-refractivity contribution in [1.29, 1.82) is 0 Å². The lowest BCUT2D eigenvalue weighted by atomic mass is 9.64. The molecule has 4 nitrogen and oxygen atoms in total. The van der Waals surface area contributed by atoms with E-state index in [-0.39, 0.29) is 12.1 Å². The van der Waals surface area contributed by atoms with Gasteiger partial charge in [0.05, 0.1) is 0 Å². The van der Waals surface area contributed by atoms with E-state index in [1.54, 1.807) is 0 Å². The van der Waals surface area contributed by atoms with Crippen LogP contribution in [0.1, 0.15) is 79.6 Å². The molecule has 2 aliphatic rings.